The first-order valence-corrected chi connectivity index (χ1v) is 20.2. The number of nitriles is 1. The van der Waals surface area contributed by atoms with Crippen molar-refractivity contribution < 1.29 is 36.2 Å². The van der Waals surface area contributed by atoms with Gasteiger partial charge < -0.3 is 26.2 Å². The van der Waals surface area contributed by atoms with E-state index in [-0.39, 0.29) is 16.5 Å². The van der Waals surface area contributed by atoms with E-state index in [2.05, 4.69) is 36.8 Å². The normalized spacial score (nSPS) is 16.0. The van der Waals surface area contributed by atoms with Crippen molar-refractivity contribution in [2.75, 3.05) is 36.5 Å². The van der Waals surface area contributed by atoms with E-state index in [1.165, 1.54) is 30.3 Å². The number of nitrogens with two attached hydrogens (primary N) is 1. The molecule has 56 heavy (non-hydrogen) atoms. The van der Waals surface area contributed by atoms with Crippen LogP contribution in [0.5, 0.6) is 5.75 Å². The van der Waals surface area contributed by atoms with E-state index in [1.807, 2.05) is 10.9 Å². The van der Waals surface area contributed by atoms with Gasteiger partial charge in [-0.15, -0.1) is 0 Å². The summed E-state index contributed by atoms with van der Waals surface area (Å²) in [6.07, 6.45) is 5.11. The fraction of sp³-hybridized carbons (Fsp3) is 0.378. The molecule has 2 atom stereocenters. The summed E-state index contributed by atoms with van der Waals surface area (Å²) in [5.74, 6) is -1.11. The van der Waals surface area contributed by atoms with E-state index in [1.54, 1.807) is 16.9 Å². The highest BCUT2D eigenvalue weighted by atomic mass is 79.9. The number of aliphatic hydroxyl groups is 1. The zero-order valence-electron chi connectivity index (χ0n) is 30.2. The van der Waals surface area contributed by atoms with Crippen LogP contribution in [0.15, 0.2) is 70.4 Å². The van der Waals surface area contributed by atoms with Gasteiger partial charge >= 0.3 is 6.18 Å². The van der Waals surface area contributed by atoms with Gasteiger partial charge in [0.15, 0.2) is 21.1 Å². The van der Waals surface area contributed by atoms with Crippen molar-refractivity contribution in [1.29, 1.82) is 5.26 Å². The lowest BCUT2D eigenvalue weighted by molar-refractivity contribution is -0.137. The number of hydrogen-bond acceptors (Lipinski definition) is 11. The number of anilines is 2. The van der Waals surface area contributed by atoms with E-state index >= 15 is 0 Å². The summed E-state index contributed by atoms with van der Waals surface area (Å²) in [6.45, 7) is 3.83. The summed E-state index contributed by atoms with van der Waals surface area (Å²) in [4.78, 5) is 17.5. The number of benzene rings is 2. The Hall–Kier alpha value is -5.03. The number of fused-ring (bicyclic) bond motifs is 1. The number of aryl methyl sites for hydroxylation is 1. The van der Waals surface area contributed by atoms with Crippen LogP contribution >= 0.6 is 15.9 Å². The number of nitrogens with one attached hydrogen (secondary N) is 2. The second kappa shape index (κ2) is 16.6. The molecule has 2 aromatic carbocycles. The van der Waals surface area contributed by atoms with Gasteiger partial charge in [-0.1, -0.05) is 0 Å². The predicted octanol–water partition coefficient (Wildman–Crippen LogP) is 5.71. The smallest absolute Gasteiger partial charge is 0.417 e. The van der Waals surface area contributed by atoms with Gasteiger partial charge in [0.05, 0.1) is 57.0 Å². The molecule has 4 heterocycles. The van der Waals surface area contributed by atoms with Crippen molar-refractivity contribution in [3.8, 4) is 22.9 Å². The molecule has 5 N–H and O–H groups in total. The number of hydrogen-bond donors (Lipinski definition) is 4. The highest BCUT2D eigenvalue weighted by molar-refractivity contribution is 9.10. The number of halogens is 4. The number of ether oxygens (including phenoxy) is 1. The first-order valence-electron chi connectivity index (χ1n) is 17.7. The maximum Gasteiger partial charge on any atom is 0.417 e. The van der Waals surface area contributed by atoms with E-state index in [4.69, 9.17) is 20.7 Å². The van der Waals surface area contributed by atoms with Crippen LogP contribution in [0.2, 0.25) is 0 Å². The van der Waals surface area contributed by atoms with Gasteiger partial charge in [0.2, 0.25) is 0 Å². The number of aromatic nitrogens is 5. The molecule has 1 aliphatic rings. The quantitative estimate of drug-likeness (QED) is 0.0997. The summed E-state index contributed by atoms with van der Waals surface area (Å²) < 4.78 is 76.2. The molecule has 0 bridgehead atoms. The van der Waals surface area contributed by atoms with Crippen molar-refractivity contribution in [3.63, 3.8) is 0 Å². The third kappa shape index (κ3) is 9.15. The maximum atomic E-state index is 13.3. The number of alkyl halides is 3. The largest absolute Gasteiger partial charge is 0.494 e. The van der Waals surface area contributed by atoms with E-state index in [9.17, 15) is 31.5 Å². The van der Waals surface area contributed by atoms with Crippen LogP contribution in [0.3, 0.4) is 0 Å². The first-order chi connectivity index (χ1) is 26.6. The number of unbranched alkanes of at least 4 members (excludes halogenated alkanes) is 2. The van der Waals surface area contributed by atoms with Crippen LogP contribution in [0.25, 0.3) is 16.8 Å². The Kier molecular flexibility index (Phi) is 12.0. The standard InChI is InChI=1S/C37H39BrF3N9O5S/c1-36(52,35(51)47-26-8-7-23(17-42)30(16-26)37(39,40)41)22-56(53,54)28-11-9-27(10-12-28)55-15-4-2-3-14-49-21-25(19-45-49)29-20-46-50-33(43)31(38)32(48-34(29)50)24-6-5-13-44-18-24/h7-12,16,19-21,24,44,52H,2-6,13-15,18,22,43H2,1H3,(H,47,51)/t24-,36+/m1/s1. The van der Waals surface area contributed by atoms with Gasteiger partial charge in [0.25, 0.3) is 5.91 Å². The zero-order valence-corrected chi connectivity index (χ0v) is 32.6. The van der Waals surface area contributed by atoms with Crippen LogP contribution in [-0.2, 0) is 27.4 Å². The number of amides is 1. The molecule has 14 nitrogen and oxygen atoms in total. The summed E-state index contributed by atoms with van der Waals surface area (Å²) in [5.41, 5.74) is 4.96. The van der Waals surface area contributed by atoms with Crippen molar-refractivity contribution >= 4 is 48.8 Å². The van der Waals surface area contributed by atoms with Crippen molar-refractivity contribution in [2.45, 2.75) is 68.2 Å². The number of carbonyl (C=O) groups excluding carboxylic acids is 1. The van der Waals surface area contributed by atoms with Crippen molar-refractivity contribution in [1.82, 2.24) is 29.7 Å². The van der Waals surface area contributed by atoms with Crippen LogP contribution in [-0.4, -0.2) is 74.9 Å². The molecule has 1 saturated heterocycles. The summed E-state index contributed by atoms with van der Waals surface area (Å²) in [5, 5.41) is 34.2. The minimum Gasteiger partial charge on any atom is -0.494 e. The van der Waals surface area contributed by atoms with Crippen LogP contribution in [0, 0.1) is 11.3 Å². The van der Waals surface area contributed by atoms with E-state index < -0.39 is 44.4 Å². The topological polar surface area (TPSA) is 203 Å². The van der Waals surface area contributed by atoms with Crippen LogP contribution in [0.4, 0.5) is 24.7 Å². The Morgan fingerprint density at radius 2 is 1.93 bits per heavy atom. The number of nitrogens with zero attached hydrogens (tertiary/aromatic N) is 6. The Labute approximate surface area is 328 Å². The fourth-order valence-corrected chi connectivity index (χ4v) is 8.59. The Morgan fingerprint density at radius 3 is 2.62 bits per heavy atom. The molecule has 5 aromatic rings. The van der Waals surface area contributed by atoms with E-state index in [0.717, 1.165) is 85.5 Å². The maximum absolute atomic E-state index is 13.3. The highest BCUT2D eigenvalue weighted by Crippen LogP contribution is 2.36. The molecule has 296 valence electrons. The fourth-order valence-electron chi connectivity index (χ4n) is 6.42. The molecule has 1 fully saturated rings. The molecule has 0 radical (unpaired) electrons. The molecular weight excluding hydrogens is 819 g/mol. The molecule has 0 saturated carbocycles. The van der Waals surface area contributed by atoms with Gasteiger partial charge in [-0.3, -0.25) is 9.48 Å². The molecule has 0 aliphatic carbocycles. The predicted molar refractivity (Wildman–Crippen MR) is 204 cm³/mol. The average molecular weight is 859 g/mol. The molecule has 6 rings (SSSR count). The number of rotatable bonds is 14. The molecule has 1 aliphatic heterocycles. The van der Waals surface area contributed by atoms with Gasteiger partial charge in [0, 0.05) is 42.0 Å². The third-order valence-corrected chi connectivity index (χ3v) is 12.2. The molecular formula is C37H39BrF3N9O5S. The number of sulfone groups is 1. The van der Waals surface area contributed by atoms with Gasteiger partial charge in [-0.2, -0.15) is 33.1 Å². The lowest BCUT2D eigenvalue weighted by atomic mass is 9.96. The van der Waals surface area contributed by atoms with E-state index in [0.29, 0.717) is 36.4 Å². The minimum absolute atomic E-state index is 0.188. The Bertz CT molecular complexity index is 2370. The molecule has 0 spiro atoms. The molecule has 1 amide bonds. The molecule has 0 unspecified atom stereocenters. The molecule has 3 aromatic heterocycles. The Balaban J connectivity index is 0.968. The van der Waals surface area contributed by atoms with Crippen molar-refractivity contribution in [3.05, 3.63) is 82.3 Å². The summed E-state index contributed by atoms with van der Waals surface area (Å²) >= 11 is 3.63. The summed E-state index contributed by atoms with van der Waals surface area (Å²) in [6, 6.07) is 9.37. The Morgan fingerprint density at radius 1 is 1.16 bits per heavy atom. The first kappa shape index (κ1) is 40.6. The lowest BCUT2D eigenvalue weighted by Gasteiger charge is -2.23. The van der Waals surface area contributed by atoms with Crippen LogP contribution < -0.4 is 21.1 Å². The third-order valence-electron chi connectivity index (χ3n) is 9.42. The second-order valence-electron chi connectivity index (χ2n) is 13.8. The number of nitrogen functional groups attached to an aromatic ring is 1. The zero-order chi connectivity index (χ0) is 40.3. The monoisotopic (exact) mass is 857 g/mol. The van der Waals surface area contributed by atoms with Crippen molar-refractivity contribution in [2.24, 2.45) is 0 Å². The van der Waals surface area contributed by atoms with Crippen LogP contribution in [0.1, 0.15) is 61.8 Å². The van der Waals surface area contributed by atoms with Gasteiger partial charge in [0.1, 0.15) is 11.6 Å². The summed E-state index contributed by atoms with van der Waals surface area (Å²) in [7, 11) is -4.22. The lowest BCUT2D eigenvalue weighted by Crippen LogP contribution is -2.45. The number of piperidine rings is 1. The second-order valence-corrected chi connectivity index (χ2v) is 16.5. The average Bonchev–Trinajstić information content (AvgIpc) is 3.81. The SMILES string of the molecule is C[C@](O)(CS(=O)(=O)c1ccc(OCCCCCn2cc(-c3cnn4c(N)c(Br)c([C@@H]5CCCNC5)nc34)cn2)cc1)C(=O)Nc1ccc(C#N)c(C(F)(F)F)c1. The minimum atomic E-state index is -4.87. The number of carbonyl (C=O) groups is 1. The van der Waals surface area contributed by atoms with Gasteiger partial charge in [-0.05, 0) is 104 Å². The molecule has 19 heteroatoms. The van der Waals surface area contributed by atoms with Gasteiger partial charge in [-0.25, -0.2) is 13.4 Å². The highest BCUT2D eigenvalue weighted by Gasteiger charge is 2.38.